The van der Waals surface area contributed by atoms with E-state index in [2.05, 4.69) is 0 Å². The molecule has 3 rings (SSSR count). The van der Waals surface area contributed by atoms with Gasteiger partial charge in [0.05, 0.1) is 5.60 Å². The summed E-state index contributed by atoms with van der Waals surface area (Å²) in [5.41, 5.74) is 6.96. The van der Waals surface area contributed by atoms with Gasteiger partial charge in [-0.25, -0.2) is 0 Å². The summed E-state index contributed by atoms with van der Waals surface area (Å²) in [6, 6.07) is 0. The van der Waals surface area contributed by atoms with Crippen molar-refractivity contribution in [3.8, 4) is 0 Å². The lowest BCUT2D eigenvalue weighted by Crippen LogP contribution is -2.53. The molecule has 3 aliphatic rings. The Morgan fingerprint density at radius 1 is 0.889 bits per heavy atom. The van der Waals surface area contributed by atoms with Crippen LogP contribution in [0.5, 0.6) is 0 Å². The second-order valence-corrected chi connectivity index (χ2v) is 6.63. The number of hydrogen-bond acceptors (Lipinski definition) is 3. The summed E-state index contributed by atoms with van der Waals surface area (Å²) in [5, 5.41) is 0. The molecule has 2 aliphatic heterocycles. The van der Waals surface area contributed by atoms with Crippen molar-refractivity contribution in [3.05, 3.63) is 0 Å². The van der Waals surface area contributed by atoms with Crippen LogP contribution in [0, 0.1) is 5.92 Å². The lowest BCUT2D eigenvalue weighted by molar-refractivity contribution is -0.106. The third kappa shape index (κ3) is 2.45. The van der Waals surface area contributed by atoms with Gasteiger partial charge in [-0.05, 0) is 50.9 Å². The number of rotatable bonds is 1. The van der Waals surface area contributed by atoms with Crippen LogP contribution in [0.3, 0.4) is 0 Å². The Bertz CT molecular complexity index is 278. The molecule has 0 bridgehead atoms. The first-order chi connectivity index (χ1) is 8.73. The van der Waals surface area contributed by atoms with Crippen LogP contribution in [0.2, 0.25) is 0 Å². The van der Waals surface area contributed by atoms with Crippen LogP contribution >= 0.6 is 0 Å². The van der Waals surface area contributed by atoms with E-state index in [0.29, 0.717) is 5.92 Å². The molecule has 3 fully saturated rings. The lowest BCUT2D eigenvalue weighted by atomic mass is 9.70. The van der Waals surface area contributed by atoms with Crippen LogP contribution in [-0.4, -0.2) is 31.0 Å². The molecule has 0 amide bonds. The van der Waals surface area contributed by atoms with Crippen molar-refractivity contribution < 1.29 is 9.47 Å². The Morgan fingerprint density at radius 2 is 1.72 bits per heavy atom. The zero-order valence-electron chi connectivity index (χ0n) is 11.5. The van der Waals surface area contributed by atoms with Crippen molar-refractivity contribution in [1.29, 1.82) is 0 Å². The normalized spacial score (nSPS) is 40.8. The second kappa shape index (κ2) is 5.10. The van der Waals surface area contributed by atoms with Crippen molar-refractivity contribution in [2.75, 3.05) is 19.8 Å². The van der Waals surface area contributed by atoms with Gasteiger partial charge < -0.3 is 15.2 Å². The molecule has 104 valence electrons. The summed E-state index contributed by atoms with van der Waals surface area (Å²) >= 11 is 0. The van der Waals surface area contributed by atoms with Gasteiger partial charge >= 0.3 is 0 Å². The maximum Gasteiger partial charge on any atom is 0.0685 e. The zero-order valence-corrected chi connectivity index (χ0v) is 11.5. The smallest absolute Gasteiger partial charge is 0.0685 e. The fourth-order valence-electron chi connectivity index (χ4n) is 4.29. The van der Waals surface area contributed by atoms with Crippen LogP contribution in [0.1, 0.15) is 57.8 Å². The molecule has 1 saturated carbocycles. The Labute approximate surface area is 110 Å². The Hall–Kier alpha value is -0.120. The van der Waals surface area contributed by atoms with E-state index in [1.54, 1.807) is 0 Å². The van der Waals surface area contributed by atoms with Crippen molar-refractivity contribution in [2.24, 2.45) is 11.7 Å². The molecule has 0 aromatic rings. The van der Waals surface area contributed by atoms with Gasteiger partial charge in [-0.15, -0.1) is 0 Å². The number of hydrogen-bond donors (Lipinski definition) is 1. The van der Waals surface area contributed by atoms with E-state index in [0.717, 1.165) is 45.5 Å². The fraction of sp³-hybridized carbons (Fsp3) is 1.00. The predicted octanol–water partition coefficient (Wildman–Crippen LogP) is 2.62. The number of nitrogens with two attached hydrogens (primary N) is 1. The molecular formula is C15H27NO2. The van der Waals surface area contributed by atoms with E-state index in [1.165, 1.54) is 32.1 Å². The summed E-state index contributed by atoms with van der Waals surface area (Å²) in [4.78, 5) is 0. The van der Waals surface area contributed by atoms with Crippen molar-refractivity contribution in [1.82, 2.24) is 0 Å². The molecule has 2 N–H and O–H groups in total. The average Bonchev–Trinajstić information content (AvgIpc) is 2.69. The highest BCUT2D eigenvalue weighted by Crippen LogP contribution is 2.46. The van der Waals surface area contributed by atoms with Gasteiger partial charge in [0.25, 0.3) is 0 Å². The zero-order chi connectivity index (χ0) is 12.5. The first-order valence-corrected chi connectivity index (χ1v) is 7.73. The molecule has 0 radical (unpaired) electrons. The van der Waals surface area contributed by atoms with Crippen molar-refractivity contribution in [3.63, 3.8) is 0 Å². The third-order valence-corrected chi connectivity index (χ3v) is 5.46. The van der Waals surface area contributed by atoms with Crippen molar-refractivity contribution >= 4 is 0 Å². The Balaban J connectivity index is 1.70. The summed E-state index contributed by atoms with van der Waals surface area (Å²) in [7, 11) is 0. The van der Waals surface area contributed by atoms with Gasteiger partial charge in [0.2, 0.25) is 0 Å². The minimum absolute atomic E-state index is 0.00979. The van der Waals surface area contributed by atoms with Crippen molar-refractivity contribution in [2.45, 2.75) is 68.9 Å². The van der Waals surface area contributed by atoms with E-state index in [9.17, 15) is 0 Å². The highest BCUT2D eigenvalue weighted by molar-refractivity contribution is 5.00. The summed E-state index contributed by atoms with van der Waals surface area (Å²) in [5.74, 6) is 0.644. The molecule has 3 heteroatoms. The summed E-state index contributed by atoms with van der Waals surface area (Å²) in [6.45, 7) is 2.67. The van der Waals surface area contributed by atoms with Crippen LogP contribution in [0.4, 0.5) is 0 Å². The molecule has 2 unspecified atom stereocenters. The molecule has 2 heterocycles. The van der Waals surface area contributed by atoms with E-state index in [4.69, 9.17) is 15.2 Å². The molecule has 0 aromatic heterocycles. The summed E-state index contributed by atoms with van der Waals surface area (Å²) in [6.07, 6.45) is 10.8. The van der Waals surface area contributed by atoms with Gasteiger partial charge in [0, 0.05) is 25.4 Å². The van der Waals surface area contributed by atoms with E-state index < -0.39 is 0 Å². The SMILES string of the molecule is NC1(C2CCOC3(CCCC3)C2)CCCOCC1. The van der Waals surface area contributed by atoms with Gasteiger partial charge in [-0.2, -0.15) is 0 Å². The Morgan fingerprint density at radius 3 is 2.56 bits per heavy atom. The second-order valence-electron chi connectivity index (χ2n) is 6.63. The van der Waals surface area contributed by atoms with Crippen LogP contribution in [0.15, 0.2) is 0 Å². The first kappa shape index (κ1) is 12.9. The lowest BCUT2D eigenvalue weighted by Gasteiger charge is -2.46. The highest BCUT2D eigenvalue weighted by Gasteiger charge is 2.46. The maximum absolute atomic E-state index is 6.75. The molecule has 18 heavy (non-hydrogen) atoms. The van der Waals surface area contributed by atoms with Gasteiger partial charge in [-0.3, -0.25) is 0 Å². The molecule has 0 aromatic carbocycles. The van der Waals surface area contributed by atoms with Gasteiger partial charge in [0.15, 0.2) is 0 Å². The van der Waals surface area contributed by atoms with Gasteiger partial charge in [0.1, 0.15) is 0 Å². The van der Waals surface area contributed by atoms with Crippen LogP contribution < -0.4 is 5.73 Å². The predicted molar refractivity (Wildman–Crippen MR) is 71.5 cm³/mol. The first-order valence-electron chi connectivity index (χ1n) is 7.73. The van der Waals surface area contributed by atoms with E-state index >= 15 is 0 Å². The monoisotopic (exact) mass is 253 g/mol. The quantitative estimate of drug-likeness (QED) is 0.781. The largest absolute Gasteiger partial charge is 0.381 e. The third-order valence-electron chi connectivity index (χ3n) is 5.46. The molecule has 2 atom stereocenters. The Kier molecular flexibility index (Phi) is 3.65. The molecular weight excluding hydrogens is 226 g/mol. The van der Waals surface area contributed by atoms with Gasteiger partial charge in [-0.1, -0.05) is 12.8 Å². The van der Waals surface area contributed by atoms with E-state index in [1.807, 2.05) is 0 Å². The van der Waals surface area contributed by atoms with Crippen LogP contribution in [0.25, 0.3) is 0 Å². The molecule has 1 spiro atoms. The highest BCUT2D eigenvalue weighted by atomic mass is 16.5. The minimum atomic E-state index is 0.00979. The standard InChI is InChI=1S/C15H27NO2/c16-15(7-3-9-17-11-8-15)13-4-10-18-14(12-13)5-1-2-6-14/h13H,1-12,16H2. The molecule has 1 aliphatic carbocycles. The fourth-order valence-corrected chi connectivity index (χ4v) is 4.29. The molecule has 3 nitrogen and oxygen atoms in total. The van der Waals surface area contributed by atoms with Crippen LogP contribution in [-0.2, 0) is 9.47 Å². The van der Waals surface area contributed by atoms with E-state index in [-0.39, 0.29) is 11.1 Å². The topological polar surface area (TPSA) is 44.5 Å². The number of ether oxygens (including phenoxy) is 2. The summed E-state index contributed by atoms with van der Waals surface area (Å²) < 4.78 is 11.7. The average molecular weight is 253 g/mol. The maximum atomic E-state index is 6.75. The minimum Gasteiger partial charge on any atom is -0.381 e. The molecule has 2 saturated heterocycles.